The van der Waals surface area contributed by atoms with Gasteiger partial charge in [-0.2, -0.15) is 0 Å². The molecule has 0 spiro atoms. The number of hydrogen-bond acceptors (Lipinski definition) is 3. The van der Waals surface area contributed by atoms with Gasteiger partial charge in [-0.15, -0.1) is 0 Å². The van der Waals surface area contributed by atoms with Crippen LogP contribution in [0, 0.1) is 5.92 Å². The number of carbonyl (C=O) groups is 1. The smallest absolute Gasteiger partial charge is 0.239 e. The summed E-state index contributed by atoms with van der Waals surface area (Å²) in [4.78, 5) is 16.9. The molecule has 3 atom stereocenters. The zero-order valence-electron chi connectivity index (χ0n) is 11.4. The average Bonchev–Trinajstić information content (AvgIpc) is 2.99. The third-order valence-corrected chi connectivity index (χ3v) is 4.96. The van der Waals surface area contributed by atoms with Gasteiger partial charge in [0.25, 0.3) is 0 Å². The van der Waals surface area contributed by atoms with Gasteiger partial charge in [-0.25, -0.2) is 0 Å². The van der Waals surface area contributed by atoms with Crippen LogP contribution in [0.15, 0.2) is 0 Å². The van der Waals surface area contributed by atoms with Crippen LogP contribution in [0.2, 0.25) is 0 Å². The van der Waals surface area contributed by atoms with E-state index < -0.39 is 0 Å². The van der Waals surface area contributed by atoms with Crippen molar-refractivity contribution in [3.05, 3.63) is 0 Å². The van der Waals surface area contributed by atoms with Crippen molar-refractivity contribution in [1.29, 1.82) is 0 Å². The topological polar surface area (TPSA) is 35.6 Å². The largest absolute Gasteiger partial charge is 0.341 e. The first-order chi connectivity index (χ1) is 8.75. The molecule has 3 aliphatic rings. The molecule has 0 aliphatic carbocycles. The van der Waals surface area contributed by atoms with Gasteiger partial charge in [-0.1, -0.05) is 0 Å². The molecule has 4 nitrogen and oxygen atoms in total. The molecule has 3 fully saturated rings. The van der Waals surface area contributed by atoms with Crippen molar-refractivity contribution < 1.29 is 4.79 Å². The van der Waals surface area contributed by atoms with E-state index in [-0.39, 0.29) is 6.04 Å². The summed E-state index contributed by atoms with van der Waals surface area (Å²) in [6.07, 6.45) is 4.94. The lowest BCUT2D eigenvalue weighted by atomic mass is 10.1. The van der Waals surface area contributed by atoms with E-state index in [0.29, 0.717) is 11.9 Å². The van der Waals surface area contributed by atoms with Crippen molar-refractivity contribution in [1.82, 2.24) is 15.1 Å². The van der Waals surface area contributed by atoms with Crippen LogP contribution in [-0.4, -0.2) is 60.5 Å². The van der Waals surface area contributed by atoms with Gasteiger partial charge in [0.15, 0.2) is 0 Å². The van der Waals surface area contributed by atoms with Gasteiger partial charge in [-0.05, 0) is 45.1 Å². The SMILES string of the molecule is CC(C(=O)N1CCCCC1)N1C[C@@H]2CCN[C@@H]2C1. The quantitative estimate of drug-likeness (QED) is 0.784. The maximum atomic E-state index is 12.5. The molecule has 0 aromatic heterocycles. The van der Waals surface area contributed by atoms with Crippen LogP contribution < -0.4 is 5.32 Å². The van der Waals surface area contributed by atoms with Crippen LogP contribution in [-0.2, 0) is 4.79 Å². The Balaban J connectivity index is 1.57. The summed E-state index contributed by atoms with van der Waals surface area (Å²) < 4.78 is 0. The normalized spacial score (nSPS) is 34.6. The second-order valence-corrected chi connectivity index (χ2v) is 6.13. The summed E-state index contributed by atoms with van der Waals surface area (Å²) >= 11 is 0. The molecular weight excluding hydrogens is 226 g/mol. The Morgan fingerprint density at radius 1 is 1.22 bits per heavy atom. The van der Waals surface area contributed by atoms with Crippen LogP contribution in [0.3, 0.4) is 0 Å². The highest BCUT2D eigenvalue weighted by molar-refractivity contribution is 5.81. The fraction of sp³-hybridized carbons (Fsp3) is 0.929. The van der Waals surface area contributed by atoms with Crippen molar-refractivity contribution >= 4 is 5.91 Å². The standard InChI is InChI=1S/C14H25N3O/c1-11(14(18)16-7-3-2-4-8-16)17-9-12-5-6-15-13(12)10-17/h11-13,15H,2-10H2,1H3/t11?,12-,13+/m0/s1. The zero-order chi connectivity index (χ0) is 12.5. The second-order valence-electron chi connectivity index (χ2n) is 6.13. The molecule has 3 saturated heterocycles. The van der Waals surface area contributed by atoms with Gasteiger partial charge in [-0.3, -0.25) is 9.69 Å². The molecule has 1 unspecified atom stereocenters. The molecule has 3 rings (SSSR count). The summed E-state index contributed by atoms with van der Waals surface area (Å²) in [6.45, 7) is 7.38. The van der Waals surface area contributed by atoms with Gasteiger partial charge < -0.3 is 10.2 Å². The van der Waals surface area contributed by atoms with Crippen molar-refractivity contribution in [3.8, 4) is 0 Å². The lowest BCUT2D eigenvalue weighted by Gasteiger charge is -2.33. The molecule has 0 radical (unpaired) electrons. The molecule has 0 aromatic rings. The Kier molecular flexibility index (Phi) is 3.57. The van der Waals surface area contributed by atoms with Crippen LogP contribution >= 0.6 is 0 Å². The predicted molar refractivity (Wildman–Crippen MR) is 71.4 cm³/mol. The minimum absolute atomic E-state index is 0.0792. The zero-order valence-corrected chi connectivity index (χ0v) is 11.4. The minimum Gasteiger partial charge on any atom is -0.341 e. The molecule has 18 heavy (non-hydrogen) atoms. The van der Waals surface area contributed by atoms with Crippen molar-refractivity contribution in [2.45, 2.75) is 44.7 Å². The highest BCUT2D eigenvalue weighted by Crippen LogP contribution is 2.26. The number of nitrogens with one attached hydrogen (secondary N) is 1. The van der Waals surface area contributed by atoms with Crippen LogP contribution in [0.5, 0.6) is 0 Å². The fourth-order valence-corrected chi connectivity index (χ4v) is 3.73. The first-order valence-corrected chi connectivity index (χ1v) is 7.52. The Hall–Kier alpha value is -0.610. The lowest BCUT2D eigenvalue weighted by molar-refractivity contribution is -0.137. The second kappa shape index (κ2) is 5.17. The Bertz CT molecular complexity index is 302. The number of nitrogens with zero attached hydrogens (tertiary/aromatic N) is 2. The maximum Gasteiger partial charge on any atom is 0.239 e. The first-order valence-electron chi connectivity index (χ1n) is 7.52. The monoisotopic (exact) mass is 251 g/mol. The van der Waals surface area contributed by atoms with E-state index in [2.05, 4.69) is 22.0 Å². The molecule has 0 saturated carbocycles. The third kappa shape index (κ3) is 2.28. The molecule has 4 heteroatoms. The van der Waals surface area contributed by atoms with Gasteiger partial charge in [0.05, 0.1) is 6.04 Å². The van der Waals surface area contributed by atoms with Gasteiger partial charge >= 0.3 is 0 Å². The molecule has 1 amide bonds. The van der Waals surface area contributed by atoms with Crippen molar-refractivity contribution in [2.24, 2.45) is 5.92 Å². The number of fused-ring (bicyclic) bond motifs is 1. The molecule has 0 bridgehead atoms. The van der Waals surface area contributed by atoms with Crippen LogP contribution in [0.1, 0.15) is 32.6 Å². The van der Waals surface area contributed by atoms with Gasteiger partial charge in [0.1, 0.15) is 0 Å². The number of hydrogen-bond donors (Lipinski definition) is 1. The minimum atomic E-state index is 0.0792. The molecule has 3 aliphatic heterocycles. The number of piperidine rings is 1. The van der Waals surface area contributed by atoms with Gasteiger partial charge in [0.2, 0.25) is 5.91 Å². The maximum absolute atomic E-state index is 12.5. The predicted octanol–water partition coefficient (Wildman–Crippen LogP) is 0.681. The van der Waals surface area contributed by atoms with E-state index in [4.69, 9.17) is 0 Å². The fourth-order valence-electron chi connectivity index (χ4n) is 3.73. The summed E-state index contributed by atoms with van der Waals surface area (Å²) in [6, 6.07) is 0.720. The van der Waals surface area contributed by atoms with E-state index in [9.17, 15) is 4.79 Å². The van der Waals surface area contributed by atoms with E-state index >= 15 is 0 Å². The average molecular weight is 251 g/mol. The van der Waals surface area contributed by atoms with Crippen molar-refractivity contribution in [2.75, 3.05) is 32.7 Å². The Morgan fingerprint density at radius 3 is 2.72 bits per heavy atom. The highest BCUT2D eigenvalue weighted by atomic mass is 16.2. The molecular formula is C14H25N3O. The third-order valence-electron chi connectivity index (χ3n) is 4.96. The Labute approximate surface area is 110 Å². The van der Waals surface area contributed by atoms with Crippen LogP contribution in [0.25, 0.3) is 0 Å². The van der Waals surface area contributed by atoms with Crippen LogP contribution in [0.4, 0.5) is 0 Å². The summed E-state index contributed by atoms with van der Waals surface area (Å²) in [7, 11) is 0. The summed E-state index contributed by atoms with van der Waals surface area (Å²) in [5.41, 5.74) is 0. The summed E-state index contributed by atoms with van der Waals surface area (Å²) in [5.74, 6) is 1.14. The highest BCUT2D eigenvalue weighted by Gasteiger charge is 2.39. The van der Waals surface area contributed by atoms with E-state index in [1.807, 2.05) is 0 Å². The number of likely N-dealkylation sites (tertiary alicyclic amines) is 2. The van der Waals surface area contributed by atoms with E-state index in [0.717, 1.165) is 38.6 Å². The number of carbonyl (C=O) groups excluding carboxylic acids is 1. The molecule has 1 N–H and O–H groups in total. The number of rotatable bonds is 2. The lowest BCUT2D eigenvalue weighted by Crippen LogP contribution is -2.48. The van der Waals surface area contributed by atoms with Crippen molar-refractivity contribution in [3.63, 3.8) is 0 Å². The Morgan fingerprint density at radius 2 is 2.00 bits per heavy atom. The van der Waals surface area contributed by atoms with Gasteiger partial charge in [0, 0.05) is 32.2 Å². The molecule has 0 aromatic carbocycles. The summed E-state index contributed by atoms with van der Waals surface area (Å²) in [5, 5.41) is 3.56. The van der Waals surface area contributed by atoms with E-state index in [1.54, 1.807) is 0 Å². The van der Waals surface area contributed by atoms with E-state index in [1.165, 1.54) is 25.7 Å². The number of amides is 1. The first kappa shape index (κ1) is 12.4. The molecule has 102 valence electrons. The molecule has 3 heterocycles.